The number of nitrogens with one attached hydrogen (secondary N) is 1. The molecule has 1 atom stereocenters. The van der Waals surface area contributed by atoms with E-state index in [0.717, 1.165) is 12.1 Å². The Morgan fingerprint density at radius 2 is 1.84 bits per heavy atom. The van der Waals surface area contributed by atoms with Crippen LogP contribution >= 0.6 is 0 Å². The van der Waals surface area contributed by atoms with Crippen molar-refractivity contribution in [2.75, 3.05) is 7.05 Å². The van der Waals surface area contributed by atoms with Crippen LogP contribution in [0.5, 0.6) is 0 Å². The van der Waals surface area contributed by atoms with Crippen LogP contribution in [0.3, 0.4) is 0 Å². The number of aromatic nitrogens is 1. The summed E-state index contributed by atoms with van der Waals surface area (Å²) in [6, 6.07) is 11.2. The predicted molar refractivity (Wildman–Crippen MR) is 80.4 cm³/mol. The summed E-state index contributed by atoms with van der Waals surface area (Å²) in [5, 5.41) is 3.38. The molecule has 1 unspecified atom stereocenters. The Balaban J connectivity index is 2.18. The number of hydrogen-bond donors (Lipinski definition) is 1. The second-order valence-corrected chi connectivity index (χ2v) is 5.20. The number of likely N-dealkylation sites (N-methyl/N-ethyl adjacent to an activating group) is 1. The van der Waals surface area contributed by atoms with E-state index in [1.54, 1.807) is 0 Å². The lowest BCUT2D eigenvalue weighted by atomic mass is 9.97. The topological polar surface area (TPSA) is 24.9 Å². The van der Waals surface area contributed by atoms with E-state index in [1.165, 1.54) is 22.3 Å². The molecule has 0 aliphatic rings. The van der Waals surface area contributed by atoms with Crippen molar-refractivity contribution in [3.05, 3.63) is 64.5 Å². The van der Waals surface area contributed by atoms with Gasteiger partial charge >= 0.3 is 0 Å². The molecule has 0 radical (unpaired) electrons. The highest BCUT2D eigenvalue weighted by atomic mass is 14.9. The van der Waals surface area contributed by atoms with Crippen molar-refractivity contribution < 1.29 is 0 Å². The smallest absolute Gasteiger partial charge is 0.0373 e. The summed E-state index contributed by atoms with van der Waals surface area (Å²) in [7, 11) is 2.01. The first-order valence-corrected chi connectivity index (χ1v) is 6.76. The van der Waals surface area contributed by atoms with Gasteiger partial charge < -0.3 is 5.32 Å². The van der Waals surface area contributed by atoms with E-state index in [-0.39, 0.29) is 0 Å². The van der Waals surface area contributed by atoms with Gasteiger partial charge in [-0.05, 0) is 62.6 Å². The Kier molecular flexibility index (Phi) is 4.33. The van der Waals surface area contributed by atoms with Crippen molar-refractivity contribution >= 4 is 0 Å². The van der Waals surface area contributed by atoms with Gasteiger partial charge in [0.25, 0.3) is 0 Å². The number of pyridine rings is 1. The van der Waals surface area contributed by atoms with E-state index in [2.05, 4.69) is 54.5 Å². The minimum atomic E-state index is 0.315. The van der Waals surface area contributed by atoms with Crippen LogP contribution in [-0.4, -0.2) is 12.0 Å². The van der Waals surface area contributed by atoms with Crippen molar-refractivity contribution in [1.29, 1.82) is 0 Å². The summed E-state index contributed by atoms with van der Waals surface area (Å²) in [6.07, 6.45) is 2.96. The Labute approximate surface area is 115 Å². The molecule has 1 aromatic carbocycles. The van der Waals surface area contributed by atoms with Crippen molar-refractivity contribution in [1.82, 2.24) is 10.3 Å². The highest BCUT2D eigenvalue weighted by molar-refractivity contribution is 5.31. The van der Waals surface area contributed by atoms with Gasteiger partial charge in [-0.3, -0.25) is 4.98 Å². The molecule has 1 heterocycles. The van der Waals surface area contributed by atoms with Crippen LogP contribution in [0, 0.1) is 20.8 Å². The lowest BCUT2D eigenvalue weighted by Crippen LogP contribution is -2.19. The normalized spacial score (nSPS) is 12.4. The average Bonchev–Trinajstić information content (AvgIpc) is 2.41. The number of hydrogen-bond acceptors (Lipinski definition) is 2. The Morgan fingerprint density at radius 3 is 2.42 bits per heavy atom. The lowest BCUT2D eigenvalue weighted by Gasteiger charge is -2.17. The summed E-state index contributed by atoms with van der Waals surface area (Å²) in [5.74, 6) is 0. The zero-order valence-corrected chi connectivity index (χ0v) is 12.2. The largest absolute Gasteiger partial charge is 0.313 e. The number of aryl methyl sites for hydroxylation is 3. The first-order valence-electron chi connectivity index (χ1n) is 6.76. The monoisotopic (exact) mass is 254 g/mol. The zero-order chi connectivity index (χ0) is 13.8. The molecule has 19 heavy (non-hydrogen) atoms. The molecule has 2 nitrogen and oxygen atoms in total. The number of nitrogens with zero attached hydrogens (tertiary/aromatic N) is 1. The molecular weight excluding hydrogens is 232 g/mol. The summed E-state index contributed by atoms with van der Waals surface area (Å²) < 4.78 is 0. The van der Waals surface area contributed by atoms with Crippen LogP contribution in [0.15, 0.2) is 36.5 Å². The van der Waals surface area contributed by atoms with Crippen LogP contribution in [0.4, 0.5) is 0 Å². The highest BCUT2D eigenvalue weighted by Crippen LogP contribution is 2.19. The van der Waals surface area contributed by atoms with E-state index in [4.69, 9.17) is 0 Å². The van der Waals surface area contributed by atoms with E-state index in [1.807, 2.05) is 20.2 Å². The Bertz CT molecular complexity index is 544. The molecule has 0 bridgehead atoms. The van der Waals surface area contributed by atoms with Crippen LogP contribution in [0.1, 0.15) is 34.0 Å². The van der Waals surface area contributed by atoms with Gasteiger partial charge in [0.05, 0.1) is 0 Å². The molecule has 0 spiro atoms. The quantitative estimate of drug-likeness (QED) is 0.903. The van der Waals surface area contributed by atoms with E-state index in [9.17, 15) is 0 Å². The molecule has 2 rings (SSSR count). The van der Waals surface area contributed by atoms with Crippen LogP contribution in [0.25, 0.3) is 0 Å². The van der Waals surface area contributed by atoms with Gasteiger partial charge in [0.15, 0.2) is 0 Å². The molecular formula is C17H22N2. The minimum Gasteiger partial charge on any atom is -0.313 e. The van der Waals surface area contributed by atoms with Gasteiger partial charge in [0.2, 0.25) is 0 Å². The third-order valence-electron chi connectivity index (χ3n) is 3.70. The van der Waals surface area contributed by atoms with E-state index in [0.29, 0.717) is 6.04 Å². The van der Waals surface area contributed by atoms with Crippen molar-refractivity contribution in [3.8, 4) is 0 Å². The van der Waals surface area contributed by atoms with Crippen LogP contribution in [0.2, 0.25) is 0 Å². The second kappa shape index (κ2) is 5.98. The average molecular weight is 254 g/mol. The maximum Gasteiger partial charge on any atom is 0.0373 e. The molecule has 0 saturated heterocycles. The SMILES string of the molecule is CNC(Cc1ccc(C)c(C)c1)c1ccc(C)nc1. The fraction of sp³-hybridized carbons (Fsp3) is 0.353. The van der Waals surface area contributed by atoms with Crippen molar-refractivity contribution in [2.45, 2.75) is 33.2 Å². The summed E-state index contributed by atoms with van der Waals surface area (Å²) in [4.78, 5) is 4.38. The summed E-state index contributed by atoms with van der Waals surface area (Å²) in [6.45, 7) is 6.33. The Morgan fingerprint density at radius 1 is 1.05 bits per heavy atom. The van der Waals surface area contributed by atoms with Crippen LogP contribution in [-0.2, 0) is 6.42 Å². The molecule has 2 heteroatoms. The van der Waals surface area contributed by atoms with Crippen molar-refractivity contribution in [3.63, 3.8) is 0 Å². The second-order valence-electron chi connectivity index (χ2n) is 5.20. The lowest BCUT2D eigenvalue weighted by molar-refractivity contribution is 0.589. The Hall–Kier alpha value is -1.67. The number of benzene rings is 1. The fourth-order valence-corrected chi connectivity index (χ4v) is 2.24. The molecule has 0 saturated carbocycles. The van der Waals surface area contributed by atoms with Gasteiger partial charge in [-0.15, -0.1) is 0 Å². The van der Waals surface area contributed by atoms with Crippen LogP contribution < -0.4 is 5.32 Å². The number of rotatable bonds is 4. The molecule has 0 amide bonds. The predicted octanol–water partition coefficient (Wildman–Crippen LogP) is 3.51. The summed E-state index contributed by atoms with van der Waals surface area (Å²) in [5.41, 5.74) is 6.37. The maximum atomic E-state index is 4.38. The standard InChI is InChI=1S/C17H22N2/c1-12-5-7-15(9-13(12)2)10-17(18-4)16-8-6-14(3)19-11-16/h5-9,11,17-18H,10H2,1-4H3. The first-order chi connectivity index (χ1) is 9.10. The van der Waals surface area contributed by atoms with Gasteiger partial charge in [0.1, 0.15) is 0 Å². The molecule has 100 valence electrons. The first kappa shape index (κ1) is 13.8. The molecule has 1 aromatic heterocycles. The third kappa shape index (κ3) is 3.42. The van der Waals surface area contributed by atoms with Gasteiger partial charge in [-0.2, -0.15) is 0 Å². The molecule has 1 N–H and O–H groups in total. The van der Waals surface area contributed by atoms with E-state index >= 15 is 0 Å². The van der Waals surface area contributed by atoms with Gasteiger partial charge in [-0.25, -0.2) is 0 Å². The minimum absolute atomic E-state index is 0.315. The molecule has 0 aliphatic heterocycles. The molecule has 2 aromatic rings. The summed E-state index contributed by atoms with van der Waals surface area (Å²) >= 11 is 0. The van der Waals surface area contributed by atoms with E-state index < -0.39 is 0 Å². The van der Waals surface area contributed by atoms with Crippen molar-refractivity contribution in [2.24, 2.45) is 0 Å². The molecule has 0 fully saturated rings. The third-order valence-corrected chi connectivity index (χ3v) is 3.70. The fourth-order valence-electron chi connectivity index (χ4n) is 2.24. The highest BCUT2D eigenvalue weighted by Gasteiger charge is 2.10. The molecule has 0 aliphatic carbocycles. The van der Waals surface area contributed by atoms with Gasteiger partial charge in [-0.1, -0.05) is 24.3 Å². The zero-order valence-electron chi connectivity index (χ0n) is 12.2. The maximum absolute atomic E-state index is 4.38. The van der Waals surface area contributed by atoms with Gasteiger partial charge in [0, 0.05) is 17.9 Å².